The van der Waals surface area contributed by atoms with Crippen molar-refractivity contribution >= 4 is 30.2 Å². The fraction of sp³-hybridized carbons (Fsp3) is 0.440. The number of halogens is 1. The van der Waals surface area contributed by atoms with Crippen LogP contribution in [0.25, 0.3) is 0 Å². The zero-order chi connectivity index (χ0) is 25.0. The Kier molecular flexibility index (Phi) is 8.39. The van der Waals surface area contributed by atoms with Gasteiger partial charge in [0.1, 0.15) is 6.07 Å². The number of rotatable bonds is 8. The molecule has 0 aliphatic rings. The molecule has 0 aromatic heterocycles. The van der Waals surface area contributed by atoms with Crippen molar-refractivity contribution in [2.24, 2.45) is 0 Å². The van der Waals surface area contributed by atoms with Gasteiger partial charge in [0, 0.05) is 12.0 Å². The SMILES string of the molecule is COC(=O)c1ccc(CC(C#N)(O[Si](C)(C)C(C)(C)C)c2cc(Br)c(OC)c(OC)c2)cc1. The van der Waals surface area contributed by atoms with Crippen molar-refractivity contribution in [1.82, 2.24) is 0 Å². The van der Waals surface area contributed by atoms with Gasteiger partial charge in [-0.2, -0.15) is 5.26 Å². The van der Waals surface area contributed by atoms with Gasteiger partial charge in [0.05, 0.1) is 31.4 Å². The number of carbonyl (C=O) groups is 1. The Labute approximate surface area is 206 Å². The first kappa shape index (κ1) is 26.9. The standard InChI is InChI=1S/C25H32BrNO5Si/c1-24(2,3)33(7,8)32-25(16-27,15-17-9-11-18(12-10-17)23(28)31-6)19-13-20(26)22(30-5)21(14-19)29-4/h9-14H,15H2,1-8H3. The molecule has 0 amide bonds. The molecule has 8 heteroatoms. The fourth-order valence-electron chi connectivity index (χ4n) is 3.23. The molecule has 0 fully saturated rings. The summed E-state index contributed by atoms with van der Waals surface area (Å²) in [6.45, 7) is 10.6. The predicted octanol–water partition coefficient (Wildman–Crippen LogP) is 6.24. The highest BCUT2D eigenvalue weighted by Gasteiger charge is 2.46. The zero-order valence-corrected chi connectivity index (χ0v) is 23.1. The lowest BCUT2D eigenvalue weighted by Crippen LogP contribution is -2.49. The number of hydrogen-bond donors (Lipinski definition) is 0. The number of ether oxygens (including phenoxy) is 3. The Morgan fingerprint density at radius 3 is 2.12 bits per heavy atom. The van der Waals surface area contributed by atoms with Gasteiger partial charge in [-0.05, 0) is 63.9 Å². The highest BCUT2D eigenvalue weighted by Crippen LogP contribution is 2.46. The van der Waals surface area contributed by atoms with E-state index >= 15 is 0 Å². The summed E-state index contributed by atoms with van der Waals surface area (Å²) < 4.78 is 23.3. The average Bonchev–Trinajstić information content (AvgIpc) is 2.76. The summed E-state index contributed by atoms with van der Waals surface area (Å²) >= 11 is 3.55. The van der Waals surface area contributed by atoms with Gasteiger partial charge in [-0.1, -0.05) is 32.9 Å². The molecular weight excluding hydrogens is 502 g/mol. The molecule has 0 heterocycles. The maximum Gasteiger partial charge on any atom is 0.337 e. The van der Waals surface area contributed by atoms with Gasteiger partial charge in [-0.15, -0.1) is 0 Å². The van der Waals surface area contributed by atoms with E-state index in [9.17, 15) is 10.1 Å². The Morgan fingerprint density at radius 1 is 1.06 bits per heavy atom. The number of esters is 1. The second-order valence-corrected chi connectivity index (χ2v) is 14.9. The maximum atomic E-state index is 11.8. The second-order valence-electron chi connectivity index (χ2n) is 9.36. The van der Waals surface area contributed by atoms with E-state index in [0.29, 0.717) is 33.5 Å². The Morgan fingerprint density at radius 2 is 1.67 bits per heavy atom. The molecule has 2 aromatic carbocycles. The summed E-state index contributed by atoms with van der Waals surface area (Å²) in [4.78, 5) is 11.8. The summed E-state index contributed by atoms with van der Waals surface area (Å²) in [5, 5.41) is 10.5. The lowest BCUT2D eigenvalue weighted by molar-refractivity contribution is 0.0600. The van der Waals surface area contributed by atoms with E-state index in [2.05, 4.69) is 55.9 Å². The van der Waals surface area contributed by atoms with Crippen molar-refractivity contribution in [3.8, 4) is 17.6 Å². The first-order valence-corrected chi connectivity index (χ1v) is 14.2. The van der Waals surface area contributed by atoms with Crippen LogP contribution in [-0.4, -0.2) is 35.6 Å². The normalized spacial score (nSPS) is 13.6. The third-order valence-electron chi connectivity index (χ3n) is 6.14. The maximum absolute atomic E-state index is 11.8. The van der Waals surface area contributed by atoms with Crippen LogP contribution in [0.1, 0.15) is 42.3 Å². The molecule has 0 saturated heterocycles. The molecule has 0 bridgehead atoms. The molecule has 6 nitrogen and oxygen atoms in total. The Hall–Kier alpha value is -2.34. The predicted molar refractivity (Wildman–Crippen MR) is 134 cm³/mol. The van der Waals surface area contributed by atoms with Crippen molar-refractivity contribution < 1.29 is 23.4 Å². The minimum atomic E-state index is -2.38. The summed E-state index contributed by atoms with van der Waals surface area (Å²) in [6, 6.07) is 13.2. The number of hydrogen-bond acceptors (Lipinski definition) is 6. The van der Waals surface area contributed by atoms with Crippen molar-refractivity contribution in [2.45, 2.75) is 50.9 Å². The Balaban J connectivity index is 2.67. The first-order chi connectivity index (χ1) is 15.3. The quantitative estimate of drug-likeness (QED) is 0.295. The summed E-state index contributed by atoms with van der Waals surface area (Å²) in [7, 11) is 2.08. The van der Waals surface area contributed by atoms with Crippen LogP contribution in [-0.2, 0) is 21.2 Å². The summed E-state index contributed by atoms with van der Waals surface area (Å²) in [5.41, 5.74) is 0.686. The van der Waals surface area contributed by atoms with Crippen LogP contribution in [0.5, 0.6) is 11.5 Å². The van der Waals surface area contributed by atoms with E-state index in [1.807, 2.05) is 18.2 Å². The van der Waals surface area contributed by atoms with Gasteiger partial charge in [0.15, 0.2) is 25.4 Å². The number of methoxy groups -OCH3 is 3. The van der Waals surface area contributed by atoms with Gasteiger partial charge >= 0.3 is 5.97 Å². The van der Waals surface area contributed by atoms with Crippen LogP contribution < -0.4 is 9.47 Å². The highest BCUT2D eigenvalue weighted by molar-refractivity contribution is 9.10. The van der Waals surface area contributed by atoms with E-state index in [0.717, 1.165) is 5.56 Å². The molecular formula is C25H32BrNO5Si. The topological polar surface area (TPSA) is 77.8 Å². The number of carbonyl (C=O) groups excluding carboxylic acids is 1. The van der Waals surface area contributed by atoms with Crippen molar-refractivity contribution in [1.29, 1.82) is 5.26 Å². The molecule has 0 radical (unpaired) electrons. The van der Waals surface area contributed by atoms with Gasteiger partial charge in [-0.25, -0.2) is 4.79 Å². The lowest BCUT2D eigenvalue weighted by atomic mass is 9.88. The molecule has 0 N–H and O–H groups in total. The van der Waals surface area contributed by atoms with E-state index in [4.69, 9.17) is 18.6 Å². The minimum Gasteiger partial charge on any atom is -0.493 e. The number of benzene rings is 2. The molecule has 2 aromatic rings. The average molecular weight is 535 g/mol. The lowest BCUT2D eigenvalue weighted by Gasteiger charge is -2.43. The zero-order valence-electron chi connectivity index (χ0n) is 20.5. The van der Waals surface area contributed by atoms with Gasteiger partial charge in [0.25, 0.3) is 0 Å². The molecule has 178 valence electrons. The van der Waals surface area contributed by atoms with E-state index in [1.165, 1.54) is 7.11 Å². The van der Waals surface area contributed by atoms with E-state index < -0.39 is 19.9 Å². The van der Waals surface area contributed by atoms with Gasteiger partial charge < -0.3 is 18.6 Å². The van der Waals surface area contributed by atoms with Crippen LogP contribution >= 0.6 is 15.9 Å². The smallest absolute Gasteiger partial charge is 0.337 e. The van der Waals surface area contributed by atoms with Crippen molar-refractivity contribution in [3.63, 3.8) is 0 Å². The molecule has 0 saturated carbocycles. The summed E-state index contributed by atoms with van der Waals surface area (Å²) in [5.74, 6) is 0.638. The largest absolute Gasteiger partial charge is 0.493 e. The van der Waals surface area contributed by atoms with Crippen LogP contribution in [0.15, 0.2) is 40.9 Å². The molecule has 0 aliphatic carbocycles. The highest BCUT2D eigenvalue weighted by atomic mass is 79.9. The molecule has 1 atom stereocenters. The minimum absolute atomic E-state index is 0.113. The van der Waals surface area contributed by atoms with Gasteiger partial charge in [-0.3, -0.25) is 0 Å². The fourth-order valence-corrected chi connectivity index (χ4v) is 5.24. The second kappa shape index (κ2) is 10.3. The first-order valence-electron chi connectivity index (χ1n) is 10.5. The third kappa shape index (κ3) is 5.78. The Bertz CT molecular complexity index is 1040. The van der Waals surface area contributed by atoms with Crippen molar-refractivity contribution in [3.05, 3.63) is 57.6 Å². The summed E-state index contributed by atoms with van der Waals surface area (Å²) in [6.07, 6.45) is 0.291. The molecule has 1 unspecified atom stereocenters. The van der Waals surface area contributed by atoms with E-state index in [-0.39, 0.29) is 5.04 Å². The van der Waals surface area contributed by atoms with Crippen LogP contribution in [0.3, 0.4) is 0 Å². The molecule has 2 rings (SSSR count). The van der Waals surface area contributed by atoms with Crippen LogP contribution in [0.4, 0.5) is 0 Å². The monoisotopic (exact) mass is 533 g/mol. The molecule has 33 heavy (non-hydrogen) atoms. The number of nitrogens with zero attached hydrogens (tertiary/aromatic N) is 1. The van der Waals surface area contributed by atoms with Crippen LogP contribution in [0, 0.1) is 11.3 Å². The van der Waals surface area contributed by atoms with Crippen LogP contribution in [0.2, 0.25) is 18.1 Å². The third-order valence-corrected chi connectivity index (χ3v) is 11.2. The van der Waals surface area contributed by atoms with Gasteiger partial charge in [0.2, 0.25) is 0 Å². The van der Waals surface area contributed by atoms with Crippen molar-refractivity contribution in [2.75, 3.05) is 21.3 Å². The molecule has 0 aliphatic heterocycles. The number of nitriles is 1. The molecule has 0 spiro atoms. The van der Waals surface area contributed by atoms with E-state index in [1.54, 1.807) is 32.4 Å².